The van der Waals surface area contributed by atoms with Gasteiger partial charge < -0.3 is 10.4 Å². The first-order chi connectivity index (χ1) is 11.8. The predicted molar refractivity (Wildman–Crippen MR) is 88.6 cm³/mol. The van der Waals surface area contributed by atoms with Gasteiger partial charge in [0.05, 0.1) is 0 Å². The van der Waals surface area contributed by atoms with Gasteiger partial charge in [-0.15, -0.1) is 11.3 Å². The summed E-state index contributed by atoms with van der Waals surface area (Å²) in [5.74, 6) is -0.921. The normalized spacial score (nSPS) is 11.3. The molecule has 1 aromatic heterocycles. The molecule has 0 radical (unpaired) electrons. The van der Waals surface area contributed by atoms with E-state index in [1.165, 1.54) is 24.3 Å². The van der Waals surface area contributed by atoms with Crippen LogP contribution in [0.5, 0.6) is 5.75 Å². The van der Waals surface area contributed by atoms with E-state index in [-0.39, 0.29) is 16.4 Å². The van der Waals surface area contributed by atoms with Crippen LogP contribution < -0.4 is 5.32 Å². The van der Waals surface area contributed by atoms with Crippen molar-refractivity contribution in [1.82, 2.24) is 4.98 Å². The maximum atomic E-state index is 13.3. The van der Waals surface area contributed by atoms with Crippen LogP contribution in [0.2, 0.25) is 0 Å². The van der Waals surface area contributed by atoms with E-state index in [2.05, 4.69) is 10.3 Å². The molecular weight excluding hydrogens is 353 g/mol. The van der Waals surface area contributed by atoms with Gasteiger partial charge >= 0.3 is 6.18 Å². The second kappa shape index (κ2) is 6.56. The Morgan fingerprint density at radius 1 is 1.04 bits per heavy atom. The Balaban J connectivity index is 1.97. The minimum absolute atomic E-state index is 0.0156. The van der Waals surface area contributed by atoms with E-state index < -0.39 is 22.7 Å². The number of nitrogens with zero attached hydrogens (tertiary/aromatic N) is 1. The fourth-order valence-corrected chi connectivity index (χ4v) is 3.09. The summed E-state index contributed by atoms with van der Waals surface area (Å²) in [6.07, 6.45) is -4.74. The Labute approximate surface area is 144 Å². The third-order valence-electron chi connectivity index (χ3n) is 3.25. The number of phenols is 1. The molecule has 25 heavy (non-hydrogen) atoms. The maximum Gasteiger partial charge on any atom is 0.435 e. The molecule has 0 saturated heterocycles. The zero-order valence-corrected chi connectivity index (χ0v) is 13.4. The minimum Gasteiger partial charge on any atom is -0.508 e. The highest BCUT2D eigenvalue weighted by Gasteiger charge is 2.39. The third-order valence-corrected chi connectivity index (χ3v) is 4.35. The Morgan fingerprint density at radius 3 is 2.28 bits per heavy atom. The zero-order chi connectivity index (χ0) is 18.0. The number of nitrogens with one attached hydrogen (secondary N) is 1. The Hall–Kier alpha value is -2.87. The first kappa shape index (κ1) is 17.0. The summed E-state index contributed by atoms with van der Waals surface area (Å²) in [5, 5.41) is 11.7. The van der Waals surface area contributed by atoms with Crippen molar-refractivity contribution in [1.29, 1.82) is 0 Å². The summed E-state index contributed by atoms with van der Waals surface area (Å²) >= 11 is 0.677. The second-order valence-corrected chi connectivity index (χ2v) is 6.06. The number of aromatic hydroxyl groups is 1. The molecule has 0 aliphatic rings. The summed E-state index contributed by atoms with van der Waals surface area (Å²) in [6.45, 7) is 0. The van der Waals surface area contributed by atoms with Crippen LogP contribution in [0.4, 0.5) is 18.9 Å². The summed E-state index contributed by atoms with van der Waals surface area (Å²) in [7, 11) is 0. The molecule has 0 atom stereocenters. The van der Waals surface area contributed by atoms with Crippen molar-refractivity contribution in [2.75, 3.05) is 5.32 Å². The third kappa shape index (κ3) is 3.80. The number of phenolic OH excluding ortho intramolecular Hbond substituents is 1. The summed E-state index contributed by atoms with van der Waals surface area (Å²) < 4.78 is 39.8. The lowest BCUT2D eigenvalue weighted by molar-refractivity contribution is -0.140. The smallest absolute Gasteiger partial charge is 0.435 e. The first-order valence-corrected chi connectivity index (χ1v) is 7.90. The summed E-state index contributed by atoms with van der Waals surface area (Å²) in [6, 6.07) is 13.8. The van der Waals surface area contributed by atoms with Gasteiger partial charge in [0, 0.05) is 11.3 Å². The van der Waals surface area contributed by atoms with Gasteiger partial charge in [-0.1, -0.05) is 30.3 Å². The average molecular weight is 364 g/mol. The van der Waals surface area contributed by atoms with Gasteiger partial charge in [-0.25, -0.2) is 4.98 Å². The maximum absolute atomic E-state index is 13.3. The van der Waals surface area contributed by atoms with Crippen molar-refractivity contribution in [2.24, 2.45) is 0 Å². The number of aromatic nitrogens is 1. The van der Waals surface area contributed by atoms with Crippen LogP contribution in [0.1, 0.15) is 15.4 Å². The number of thiazole rings is 1. The van der Waals surface area contributed by atoms with Gasteiger partial charge in [0.2, 0.25) is 0 Å². The summed E-state index contributed by atoms with van der Waals surface area (Å²) in [4.78, 5) is 15.4. The van der Waals surface area contributed by atoms with Crippen LogP contribution in [0, 0.1) is 0 Å². The number of benzene rings is 2. The molecule has 0 bridgehead atoms. The lowest BCUT2D eigenvalue weighted by Crippen LogP contribution is -2.17. The van der Waals surface area contributed by atoms with Crippen LogP contribution in [-0.4, -0.2) is 16.0 Å². The molecule has 3 aromatic rings. The van der Waals surface area contributed by atoms with Crippen molar-refractivity contribution >= 4 is 22.9 Å². The van der Waals surface area contributed by atoms with Crippen LogP contribution >= 0.6 is 11.3 Å². The molecule has 0 spiro atoms. The number of carbonyl (C=O) groups is 1. The highest BCUT2D eigenvalue weighted by molar-refractivity contribution is 7.17. The number of carbonyl (C=O) groups excluding carboxylic acids is 1. The van der Waals surface area contributed by atoms with E-state index in [0.29, 0.717) is 16.9 Å². The minimum atomic E-state index is -4.74. The van der Waals surface area contributed by atoms with Crippen LogP contribution in [0.25, 0.3) is 10.6 Å². The highest BCUT2D eigenvalue weighted by atomic mass is 32.1. The van der Waals surface area contributed by atoms with E-state index >= 15 is 0 Å². The van der Waals surface area contributed by atoms with Crippen molar-refractivity contribution < 1.29 is 23.1 Å². The molecule has 0 fully saturated rings. The van der Waals surface area contributed by atoms with Gasteiger partial charge in [-0.3, -0.25) is 4.79 Å². The number of anilines is 1. The summed E-state index contributed by atoms with van der Waals surface area (Å²) in [5.41, 5.74) is -0.445. The van der Waals surface area contributed by atoms with Crippen molar-refractivity contribution in [2.45, 2.75) is 6.18 Å². The number of rotatable bonds is 3. The molecule has 0 unspecified atom stereocenters. The SMILES string of the molecule is O=C(Nc1ccc(O)cc1)c1sc(-c2ccccc2)nc1C(F)(F)F. The monoisotopic (exact) mass is 364 g/mol. The molecule has 1 amide bonds. The number of halogens is 3. The quantitative estimate of drug-likeness (QED) is 0.657. The largest absolute Gasteiger partial charge is 0.508 e. The molecule has 128 valence electrons. The van der Waals surface area contributed by atoms with E-state index in [4.69, 9.17) is 0 Å². The van der Waals surface area contributed by atoms with Crippen LogP contribution in [0.15, 0.2) is 54.6 Å². The molecule has 2 aromatic carbocycles. The number of hydrogen-bond acceptors (Lipinski definition) is 4. The number of amides is 1. The molecule has 8 heteroatoms. The van der Waals surface area contributed by atoms with Crippen LogP contribution in [0.3, 0.4) is 0 Å². The lowest BCUT2D eigenvalue weighted by Gasteiger charge is -2.07. The molecule has 2 N–H and O–H groups in total. The van der Waals surface area contributed by atoms with Gasteiger partial charge in [0.15, 0.2) is 5.69 Å². The first-order valence-electron chi connectivity index (χ1n) is 7.08. The molecule has 4 nitrogen and oxygen atoms in total. The van der Waals surface area contributed by atoms with E-state index in [1.54, 1.807) is 30.3 Å². The topological polar surface area (TPSA) is 62.2 Å². The molecule has 0 saturated carbocycles. The molecule has 1 heterocycles. The lowest BCUT2D eigenvalue weighted by atomic mass is 10.2. The van der Waals surface area contributed by atoms with E-state index in [9.17, 15) is 23.1 Å². The van der Waals surface area contributed by atoms with Crippen molar-refractivity contribution in [3.05, 3.63) is 65.2 Å². The fraction of sp³-hybridized carbons (Fsp3) is 0.0588. The Kier molecular flexibility index (Phi) is 4.45. The van der Waals surface area contributed by atoms with E-state index in [1.807, 2.05) is 0 Å². The van der Waals surface area contributed by atoms with Crippen molar-refractivity contribution in [3.8, 4) is 16.3 Å². The standard InChI is InChI=1S/C17H11F3N2O2S/c18-17(19,20)14-13(15(24)21-11-6-8-12(23)9-7-11)25-16(22-14)10-4-2-1-3-5-10/h1-9,23H,(H,21,24). The molecule has 3 rings (SSSR count). The fourth-order valence-electron chi connectivity index (χ4n) is 2.10. The Bertz CT molecular complexity index is 891. The molecule has 0 aliphatic carbocycles. The van der Waals surface area contributed by atoms with Crippen molar-refractivity contribution in [3.63, 3.8) is 0 Å². The zero-order valence-electron chi connectivity index (χ0n) is 12.5. The molecular formula is C17H11F3N2O2S. The number of hydrogen-bond donors (Lipinski definition) is 2. The molecule has 0 aliphatic heterocycles. The highest BCUT2D eigenvalue weighted by Crippen LogP contribution is 2.38. The second-order valence-electron chi connectivity index (χ2n) is 5.06. The van der Waals surface area contributed by atoms with Gasteiger partial charge in [0.25, 0.3) is 5.91 Å². The average Bonchev–Trinajstić information content (AvgIpc) is 3.04. The van der Waals surface area contributed by atoms with Gasteiger partial charge in [-0.2, -0.15) is 13.2 Å². The van der Waals surface area contributed by atoms with Gasteiger partial charge in [-0.05, 0) is 24.3 Å². The number of alkyl halides is 3. The van der Waals surface area contributed by atoms with Crippen LogP contribution in [-0.2, 0) is 6.18 Å². The Morgan fingerprint density at radius 2 is 1.68 bits per heavy atom. The van der Waals surface area contributed by atoms with E-state index in [0.717, 1.165) is 0 Å². The van der Waals surface area contributed by atoms with Gasteiger partial charge in [0.1, 0.15) is 15.6 Å². The predicted octanol–water partition coefficient (Wildman–Crippen LogP) is 4.79.